The predicted molar refractivity (Wildman–Crippen MR) is 91.6 cm³/mol. The van der Waals surface area contributed by atoms with Crippen molar-refractivity contribution in [1.82, 2.24) is 19.6 Å². The quantitative estimate of drug-likeness (QED) is 0.859. The summed E-state index contributed by atoms with van der Waals surface area (Å²) >= 11 is 0. The number of nitrogens with zero attached hydrogens (tertiary/aromatic N) is 4. The number of methoxy groups -OCH3 is 1. The van der Waals surface area contributed by atoms with Crippen LogP contribution in [0.5, 0.6) is 5.75 Å². The molecule has 6 heteroatoms. The van der Waals surface area contributed by atoms with Gasteiger partial charge in [-0.2, -0.15) is 5.10 Å². The highest BCUT2D eigenvalue weighted by Crippen LogP contribution is 2.28. The summed E-state index contributed by atoms with van der Waals surface area (Å²) in [5.74, 6) is 0.972. The van der Waals surface area contributed by atoms with Gasteiger partial charge in [-0.25, -0.2) is 0 Å². The Labute approximate surface area is 142 Å². The summed E-state index contributed by atoms with van der Waals surface area (Å²) < 4.78 is 7.07. The molecule has 0 unspecified atom stereocenters. The highest BCUT2D eigenvalue weighted by atomic mass is 16.5. The molecule has 1 saturated heterocycles. The van der Waals surface area contributed by atoms with Crippen LogP contribution in [-0.2, 0) is 18.4 Å². The van der Waals surface area contributed by atoms with Crippen LogP contribution in [0.3, 0.4) is 0 Å². The van der Waals surface area contributed by atoms with Gasteiger partial charge in [-0.05, 0) is 23.8 Å². The second-order valence-electron chi connectivity index (χ2n) is 6.21. The Bertz CT molecular complexity index is 695. The summed E-state index contributed by atoms with van der Waals surface area (Å²) in [6.45, 7) is 4.72. The highest BCUT2D eigenvalue weighted by Gasteiger charge is 2.29. The lowest BCUT2D eigenvalue weighted by Crippen LogP contribution is -2.49. The van der Waals surface area contributed by atoms with E-state index in [0.717, 1.165) is 31.1 Å². The lowest BCUT2D eigenvalue weighted by molar-refractivity contribution is -0.132. The third kappa shape index (κ3) is 3.59. The van der Waals surface area contributed by atoms with Crippen molar-refractivity contribution in [3.63, 3.8) is 0 Å². The van der Waals surface area contributed by atoms with Gasteiger partial charge in [-0.1, -0.05) is 12.1 Å². The van der Waals surface area contributed by atoms with Crippen LogP contribution in [0.15, 0.2) is 36.5 Å². The van der Waals surface area contributed by atoms with Crippen LogP contribution in [0, 0.1) is 0 Å². The minimum Gasteiger partial charge on any atom is -0.497 e. The summed E-state index contributed by atoms with van der Waals surface area (Å²) in [5.41, 5.74) is 2.24. The maximum Gasteiger partial charge on any atom is 0.219 e. The number of hydrogen-bond donors (Lipinski definition) is 0. The van der Waals surface area contributed by atoms with Crippen molar-refractivity contribution in [3.8, 4) is 5.75 Å². The normalized spacial score (nSPS) is 18.6. The fourth-order valence-electron chi connectivity index (χ4n) is 3.19. The van der Waals surface area contributed by atoms with Gasteiger partial charge in [0.2, 0.25) is 5.91 Å². The monoisotopic (exact) mass is 328 g/mol. The molecule has 1 aliphatic rings. The van der Waals surface area contributed by atoms with Crippen LogP contribution in [0.2, 0.25) is 0 Å². The number of amides is 1. The van der Waals surface area contributed by atoms with Crippen LogP contribution in [0.25, 0.3) is 0 Å². The highest BCUT2D eigenvalue weighted by molar-refractivity contribution is 5.73. The van der Waals surface area contributed by atoms with E-state index < -0.39 is 0 Å². The third-order valence-electron chi connectivity index (χ3n) is 4.57. The molecule has 2 aromatic rings. The van der Waals surface area contributed by atoms with Crippen LogP contribution < -0.4 is 4.74 Å². The van der Waals surface area contributed by atoms with Crippen molar-refractivity contribution in [2.24, 2.45) is 7.05 Å². The molecular formula is C18H24N4O2. The van der Waals surface area contributed by atoms with Gasteiger partial charge in [0.25, 0.3) is 0 Å². The van der Waals surface area contributed by atoms with Crippen LogP contribution in [-0.4, -0.2) is 52.2 Å². The number of hydrogen-bond acceptors (Lipinski definition) is 4. The van der Waals surface area contributed by atoms with E-state index in [1.54, 1.807) is 14.0 Å². The minimum atomic E-state index is 0.131. The molecule has 0 radical (unpaired) electrons. The van der Waals surface area contributed by atoms with E-state index in [0.29, 0.717) is 6.54 Å². The Balaban J connectivity index is 1.83. The molecule has 1 amide bonds. The first kappa shape index (κ1) is 16.5. The number of benzene rings is 1. The molecule has 1 atom stereocenters. The van der Waals surface area contributed by atoms with Crippen molar-refractivity contribution < 1.29 is 9.53 Å². The number of ether oxygens (including phenoxy) is 1. The summed E-state index contributed by atoms with van der Waals surface area (Å²) in [7, 11) is 3.60. The van der Waals surface area contributed by atoms with E-state index in [-0.39, 0.29) is 11.9 Å². The molecule has 0 aliphatic carbocycles. The van der Waals surface area contributed by atoms with Gasteiger partial charge in [-0.3, -0.25) is 14.4 Å². The molecule has 3 rings (SSSR count). The molecule has 0 saturated carbocycles. The van der Waals surface area contributed by atoms with Crippen molar-refractivity contribution in [1.29, 1.82) is 0 Å². The molecule has 0 N–H and O–H groups in total. The number of piperazine rings is 1. The van der Waals surface area contributed by atoms with E-state index in [2.05, 4.69) is 22.1 Å². The van der Waals surface area contributed by atoms with Gasteiger partial charge in [0, 0.05) is 46.3 Å². The SMILES string of the molecule is COc1ccc([C@@H]2CN(C(C)=O)CCN2Cc2ccn(C)n2)cc1. The first-order chi connectivity index (χ1) is 11.6. The zero-order chi connectivity index (χ0) is 17.1. The summed E-state index contributed by atoms with van der Waals surface area (Å²) in [5, 5.41) is 4.49. The number of aryl methyl sites for hydroxylation is 1. The lowest BCUT2D eigenvalue weighted by atomic mass is 10.0. The van der Waals surface area contributed by atoms with E-state index in [4.69, 9.17) is 4.74 Å². The molecule has 2 heterocycles. The Morgan fingerprint density at radius 3 is 2.58 bits per heavy atom. The fraction of sp³-hybridized carbons (Fsp3) is 0.444. The zero-order valence-electron chi connectivity index (χ0n) is 14.5. The Kier molecular flexibility index (Phi) is 4.85. The largest absolute Gasteiger partial charge is 0.497 e. The van der Waals surface area contributed by atoms with E-state index in [1.807, 2.05) is 41.0 Å². The topological polar surface area (TPSA) is 50.6 Å². The molecule has 6 nitrogen and oxygen atoms in total. The first-order valence-corrected chi connectivity index (χ1v) is 8.19. The number of aromatic nitrogens is 2. The van der Waals surface area contributed by atoms with Gasteiger partial charge in [0.1, 0.15) is 5.75 Å². The predicted octanol–water partition coefficient (Wildman–Crippen LogP) is 1.83. The number of carbonyl (C=O) groups is 1. The first-order valence-electron chi connectivity index (χ1n) is 8.19. The molecule has 0 bridgehead atoms. The second kappa shape index (κ2) is 7.05. The lowest BCUT2D eigenvalue weighted by Gasteiger charge is -2.41. The molecule has 0 spiro atoms. The number of carbonyl (C=O) groups excluding carboxylic acids is 1. The minimum absolute atomic E-state index is 0.131. The molecule has 1 fully saturated rings. The third-order valence-corrected chi connectivity index (χ3v) is 4.57. The summed E-state index contributed by atoms with van der Waals surface area (Å²) in [6, 6.07) is 10.3. The molecule has 1 aromatic heterocycles. The maximum atomic E-state index is 11.8. The van der Waals surface area contributed by atoms with Gasteiger partial charge in [0.15, 0.2) is 0 Å². The zero-order valence-corrected chi connectivity index (χ0v) is 14.5. The van der Waals surface area contributed by atoms with Crippen LogP contribution in [0.4, 0.5) is 0 Å². The van der Waals surface area contributed by atoms with Crippen molar-refractivity contribution in [2.45, 2.75) is 19.5 Å². The average Bonchev–Trinajstić information content (AvgIpc) is 3.00. The second-order valence-corrected chi connectivity index (χ2v) is 6.21. The summed E-state index contributed by atoms with van der Waals surface area (Å²) in [4.78, 5) is 16.1. The summed E-state index contributed by atoms with van der Waals surface area (Å²) in [6.07, 6.45) is 1.96. The van der Waals surface area contributed by atoms with E-state index >= 15 is 0 Å². The van der Waals surface area contributed by atoms with E-state index in [1.165, 1.54) is 5.56 Å². The van der Waals surface area contributed by atoms with E-state index in [9.17, 15) is 4.79 Å². The molecule has 1 aliphatic heterocycles. The molecule has 24 heavy (non-hydrogen) atoms. The van der Waals surface area contributed by atoms with Crippen molar-refractivity contribution in [2.75, 3.05) is 26.7 Å². The van der Waals surface area contributed by atoms with Gasteiger partial charge in [-0.15, -0.1) is 0 Å². The molecule has 128 valence electrons. The Hall–Kier alpha value is -2.34. The van der Waals surface area contributed by atoms with Gasteiger partial charge >= 0.3 is 0 Å². The van der Waals surface area contributed by atoms with Gasteiger partial charge < -0.3 is 9.64 Å². The Morgan fingerprint density at radius 1 is 1.25 bits per heavy atom. The Morgan fingerprint density at radius 2 is 2.00 bits per heavy atom. The standard InChI is InChI=1S/C18H24N4O2/c1-14(23)21-10-11-22(12-16-8-9-20(2)19-16)18(13-21)15-4-6-17(24-3)7-5-15/h4-9,18H,10-13H2,1-3H3/t18-/m0/s1. The smallest absolute Gasteiger partial charge is 0.219 e. The number of rotatable bonds is 4. The van der Waals surface area contributed by atoms with Crippen LogP contribution >= 0.6 is 0 Å². The molecule has 1 aromatic carbocycles. The van der Waals surface area contributed by atoms with Gasteiger partial charge in [0.05, 0.1) is 18.8 Å². The van der Waals surface area contributed by atoms with Crippen molar-refractivity contribution >= 4 is 5.91 Å². The average molecular weight is 328 g/mol. The molecular weight excluding hydrogens is 304 g/mol. The van der Waals surface area contributed by atoms with Crippen LogP contribution in [0.1, 0.15) is 24.2 Å². The maximum absolute atomic E-state index is 11.8. The fourth-order valence-corrected chi connectivity index (χ4v) is 3.19. The van der Waals surface area contributed by atoms with Crippen molar-refractivity contribution in [3.05, 3.63) is 47.8 Å².